The van der Waals surface area contributed by atoms with E-state index in [9.17, 15) is 14.4 Å². The van der Waals surface area contributed by atoms with Crippen LogP contribution in [-0.2, 0) is 14.3 Å². The zero-order valence-corrected chi connectivity index (χ0v) is 16.8. The van der Waals surface area contributed by atoms with E-state index < -0.39 is 24.5 Å². The van der Waals surface area contributed by atoms with Gasteiger partial charge in [-0.05, 0) is 42.0 Å². The molecule has 2 rings (SSSR count). The summed E-state index contributed by atoms with van der Waals surface area (Å²) in [6, 6.07) is 7.77. The van der Waals surface area contributed by atoms with Crippen molar-refractivity contribution >= 4 is 46.4 Å². The topological polar surface area (TPSA) is 84.5 Å². The van der Waals surface area contributed by atoms with E-state index in [0.29, 0.717) is 15.6 Å². The highest BCUT2D eigenvalue weighted by Crippen LogP contribution is 2.22. The number of anilines is 1. The van der Waals surface area contributed by atoms with Gasteiger partial charge in [-0.2, -0.15) is 0 Å². The van der Waals surface area contributed by atoms with Crippen LogP contribution in [0.3, 0.4) is 0 Å². The highest BCUT2D eigenvalue weighted by molar-refractivity contribution is 7.12. The van der Waals surface area contributed by atoms with Gasteiger partial charge >= 0.3 is 5.97 Å². The van der Waals surface area contributed by atoms with Crippen LogP contribution in [0.25, 0.3) is 0 Å². The summed E-state index contributed by atoms with van der Waals surface area (Å²) in [4.78, 5) is 37.0. The first-order chi connectivity index (χ1) is 12.8. The molecule has 1 heterocycles. The van der Waals surface area contributed by atoms with Gasteiger partial charge in [0.2, 0.25) is 0 Å². The third-order valence-electron chi connectivity index (χ3n) is 3.70. The fourth-order valence-corrected chi connectivity index (χ4v) is 3.16. The quantitative estimate of drug-likeness (QED) is 0.685. The Kier molecular flexibility index (Phi) is 7.38. The van der Waals surface area contributed by atoms with Gasteiger partial charge in [-0.1, -0.05) is 37.6 Å². The van der Waals surface area contributed by atoms with Crippen LogP contribution in [0, 0.1) is 12.8 Å². The smallest absolute Gasteiger partial charge is 0.329 e. The number of carbonyl (C=O) groups excluding carboxylic acids is 3. The van der Waals surface area contributed by atoms with E-state index in [2.05, 4.69) is 10.6 Å². The van der Waals surface area contributed by atoms with Crippen LogP contribution in [0.4, 0.5) is 5.69 Å². The molecule has 0 aliphatic rings. The van der Waals surface area contributed by atoms with E-state index in [0.717, 1.165) is 5.56 Å². The van der Waals surface area contributed by atoms with Crippen LogP contribution in [0.5, 0.6) is 0 Å². The fraction of sp³-hybridized carbons (Fsp3) is 0.316. The molecular weight excluding hydrogens is 388 g/mol. The van der Waals surface area contributed by atoms with Crippen molar-refractivity contribution in [3.8, 4) is 0 Å². The predicted molar refractivity (Wildman–Crippen MR) is 106 cm³/mol. The molecule has 0 bridgehead atoms. The fourth-order valence-electron chi connectivity index (χ4n) is 2.25. The summed E-state index contributed by atoms with van der Waals surface area (Å²) in [6.45, 7) is 4.98. The maximum atomic E-state index is 12.3. The molecule has 2 amide bonds. The van der Waals surface area contributed by atoms with Gasteiger partial charge < -0.3 is 15.4 Å². The Bertz CT molecular complexity index is 821. The maximum Gasteiger partial charge on any atom is 0.329 e. The number of thiophene rings is 1. The highest BCUT2D eigenvalue weighted by Gasteiger charge is 2.27. The molecule has 27 heavy (non-hydrogen) atoms. The van der Waals surface area contributed by atoms with E-state index in [4.69, 9.17) is 16.3 Å². The van der Waals surface area contributed by atoms with Crippen molar-refractivity contribution in [2.75, 3.05) is 11.9 Å². The Hall–Kier alpha value is -2.38. The lowest BCUT2D eigenvalue weighted by Crippen LogP contribution is -2.45. The first-order valence-electron chi connectivity index (χ1n) is 8.35. The zero-order valence-electron chi connectivity index (χ0n) is 15.2. The van der Waals surface area contributed by atoms with Crippen LogP contribution < -0.4 is 10.6 Å². The Morgan fingerprint density at radius 2 is 1.96 bits per heavy atom. The number of aryl methyl sites for hydroxylation is 1. The number of benzene rings is 1. The summed E-state index contributed by atoms with van der Waals surface area (Å²) in [5.74, 6) is -1.73. The molecular formula is C19H21ClN2O4S. The number of hydrogen-bond donors (Lipinski definition) is 2. The van der Waals surface area contributed by atoms with E-state index in [-0.39, 0.29) is 11.8 Å². The van der Waals surface area contributed by atoms with Crippen LogP contribution in [-0.4, -0.2) is 30.4 Å². The van der Waals surface area contributed by atoms with E-state index >= 15 is 0 Å². The molecule has 0 aliphatic carbocycles. The molecule has 6 nitrogen and oxygen atoms in total. The molecule has 1 aromatic carbocycles. The molecule has 0 unspecified atom stereocenters. The lowest BCUT2D eigenvalue weighted by Gasteiger charge is -2.20. The first kappa shape index (κ1) is 20.9. The van der Waals surface area contributed by atoms with Gasteiger partial charge in [0.1, 0.15) is 6.04 Å². The van der Waals surface area contributed by atoms with Gasteiger partial charge in [0.05, 0.1) is 15.6 Å². The molecule has 1 aromatic heterocycles. The minimum Gasteiger partial charge on any atom is -0.454 e. The van der Waals surface area contributed by atoms with Crippen LogP contribution in [0.1, 0.15) is 29.1 Å². The minimum atomic E-state index is -0.852. The summed E-state index contributed by atoms with van der Waals surface area (Å²) in [7, 11) is 0. The van der Waals surface area contributed by atoms with Crippen molar-refractivity contribution in [2.24, 2.45) is 5.92 Å². The van der Waals surface area contributed by atoms with Crippen LogP contribution in [0.2, 0.25) is 5.02 Å². The molecule has 0 aliphatic heterocycles. The third kappa shape index (κ3) is 6.08. The SMILES string of the molecule is Cc1ccc(NC(=O)COC(=O)[C@H](NC(=O)c2cccs2)C(C)C)c(Cl)c1. The zero-order chi connectivity index (χ0) is 20.0. The Labute approximate surface area is 166 Å². The number of amides is 2. The molecule has 1 atom stereocenters. The minimum absolute atomic E-state index is 0.198. The Morgan fingerprint density at radius 3 is 2.56 bits per heavy atom. The number of esters is 1. The monoisotopic (exact) mass is 408 g/mol. The molecule has 0 radical (unpaired) electrons. The molecule has 0 spiro atoms. The molecule has 144 valence electrons. The van der Waals surface area contributed by atoms with Crippen molar-refractivity contribution in [3.05, 3.63) is 51.2 Å². The first-order valence-corrected chi connectivity index (χ1v) is 9.60. The van der Waals surface area contributed by atoms with Crippen molar-refractivity contribution in [1.82, 2.24) is 5.32 Å². The van der Waals surface area contributed by atoms with Crippen molar-refractivity contribution < 1.29 is 19.1 Å². The summed E-state index contributed by atoms with van der Waals surface area (Å²) >= 11 is 7.34. The number of hydrogen-bond acceptors (Lipinski definition) is 5. The third-order valence-corrected chi connectivity index (χ3v) is 4.88. The van der Waals surface area contributed by atoms with Gasteiger partial charge in [0.15, 0.2) is 6.61 Å². The van der Waals surface area contributed by atoms with E-state index in [1.54, 1.807) is 43.5 Å². The summed E-state index contributed by atoms with van der Waals surface area (Å²) in [6.07, 6.45) is 0. The maximum absolute atomic E-state index is 12.3. The molecule has 2 N–H and O–H groups in total. The van der Waals surface area contributed by atoms with Crippen LogP contribution in [0.15, 0.2) is 35.7 Å². The summed E-state index contributed by atoms with van der Waals surface area (Å²) in [5, 5.41) is 7.42. The number of carbonyl (C=O) groups is 3. The number of ether oxygens (including phenoxy) is 1. The van der Waals surface area contributed by atoms with Gasteiger partial charge in [-0.25, -0.2) is 4.79 Å². The summed E-state index contributed by atoms with van der Waals surface area (Å²) < 4.78 is 5.08. The van der Waals surface area contributed by atoms with Crippen molar-refractivity contribution in [1.29, 1.82) is 0 Å². The molecule has 0 fully saturated rings. The normalized spacial score (nSPS) is 11.7. The van der Waals surface area contributed by atoms with Gasteiger partial charge in [0.25, 0.3) is 11.8 Å². The lowest BCUT2D eigenvalue weighted by molar-refractivity contribution is -0.150. The Morgan fingerprint density at radius 1 is 1.22 bits per heavy atom. The van der Waals surface area contributed by atoms with Gasteiger partial charge in [0, 0.05) is 0 Å². The average Bonchev–Trinajstić information content (AvgIpc) is 3.14. The molecule has 0 saturated carbocycles. The molecule has 8 heteroatoms. The van der Waals surface area contributed by atoms with Crippen molar-refractivity contribution in [3.63, 3.8) is 0 Å². The number of rotatable bonds is 7. The second-order valence-electron chi connectivity index (χ2n) is 6.31. The largest absolute Gasteiger partial charge is 0.454 e. The predicted octanol–water partition coefficient (Wildman–Crippen LogP) is 3.65. The number of nitrogens with one attached hydrogen (secondary N) is 2. The molecule has 2 aromatic rings. The lowest BCUT2D eigenvalue weighted by atomic mass is 10.0. The second-order valence-corrected chi connectivity index (χ2v) is 7.67. The molecule has 0 saturated heterocycles. The van der Waals surface area contributed by atoms with E-state index in [1.807, 2.05) is 13.0 Å². The second kappa shape index (κ2) is 9.53. The highest BCUT2D eigenvalue weighted by atomic mass is 35.5. The van der Waals surface area contributed by atoms with Gasteiger partial charge in [-0.15, -0.1) is 11.3 Å². The van der Waals surface area contributed by atoms with E-state index in [1.165, 1.54) is 11.3 Å². The van der Waals surface area contributed by atoms with Crippen molar-refractivity contribution in [2.45, 2.75) is 26.8 Å². The summed E-state index contributed by atoms with van der Waals surface area (Å²) in [5.41, 5.74) is 1.40. The van der Waals surface area contributed by atoms with Gasteiger partial charge in [-0.3, -0.25) is 9.59 Å². The van der Waals surface area contributed by atoms with Crippen LogP contribution >= 0.6 is 22.9 Å². The average molecular weight is 409 g/mol. The number of halogens is 1. The Balaban J connectivity index is 1.91. The standard InChI is InChI=1S/C19H21ClN2O4S/c1-11(2)17(22-18(24)15-5-4-8-27-15)19(25)26-10-16(23)21-14-7-6-12(3)9-13(14)20/h4-9,11,17H,10H2,1-3H3,(H,21,23)(H,22,24)/t17-/m1/s1.